The fourth-order valence-electron chi connectivity index (χ4n) is 2.65. The third kappa shape index (κ3) is 4.62. The molecule has 2 N–H and O–H groups in total. The second-order valence-electron chi connectivity index (χ2n) is 6.31. The first-order valence-electron chi connectivity index (χ1n) is 8.67. The monoisotopic (exact) mass is 399 g/mol. The van der Waals surface area contributed by atoms with Gasteiger partial charge in [-0.1, -0.05) is 12.1 Å². The van der Waals surface area contributed by atoms with Crippen LogP contribution in [0.5, 0.6) is 0 Å². The van der Waals surface area contributed by atoms with Crippen molar-refractivity contribution < 1.29 is 13.2 Å². The van der Waals surface area contributed by atoms with E-state index in [1.54, 1.807) is 54.3 Å². The topological polar surface area (TPSA) is 106 Å². The number of carbonyl (C=O) groups excluding carboxylic acids is 1. The summed E-state index contributed by atoms with van der Waals surface area (Å²) in [6.45, 7) is 3.86. The SMILES string of the molecule is Cc1ccc(C)c(S(=O)(=O)NCCNC(=O)c2ccc(-n3cncn3)cc2)c1. The first-order valence-corrected chi connectivity index (χ1v) is 10.2. The molecule has 0 spiro atoms. The number of nitrogens with zero attached hydrogens (tertiary/aromatic N) is 3. The third-order valence-electron chi connectivity index (χ3n) is 4.15. The van der Waals surface area contributed by atoms with Crippen LogP contribution in [0.15, 0.2) is 60.0 Å². The van der Waals surface area contributed by atoms with E-state index in [0.29, 0.717) is 11.1 Å². The van der Waals surface area contributed by atoms with Crippen molar-refractivity contribution in [3.63, 3.8) is 0 Å². The zero-order chi connectivity index (χ0) is 20.1. The van der Waals surface area contributed by atoms with Crippen LogP contribution in [0, 0.1) is 13.8 Å². The summed E-state index contributed by atoms with van der Waals surface area (Å²) < 4.78 is 29.0. The standard InChI is InChI=1S/C19H21N5O3S/c1-14-3-4-15(2)18(11-14)28(26,27)23-10-9-21-19(25)16-5-7-17(8-6-16)24-13-20-12-22-24/h3-8,11-13,23H,9-10H2,1-2H3,(H,21,25). The van der Waals surface area contributed by atoms with Gasteiger partial charge >= 0.3 is 0 Å². The van der Waals surface area contributed by atoms with Crippen LogP contribution < -0.4 is 10.0 Å². The van der Waals surface area contributed by atoms with Gasteiger partial charge in [-0.3, -0.25) is 4.79 Å². The summed E-state index contributed by atoms with van der Waals surface area (Å²) >= 11 is 0. The van der Waals surface area contributed by atoms with Crippen molar-refractivity contribution in [2.45, 2.75) is 18.7 Å². The fraction of sp³-hybridized carbons (Fsp3) is 0.211. The number of aromatic nitrogens is 3. The van der Waals surface area contributed by atoms with Crippen molar-refractivity contribution in [3.05, 3.63) is 71.8 Å². The number of hydrogen-bond donors (Lipinski definition) is 2. The van der Waals surface area contributed by atoms with Crippen molar-refractivity contribution in [1.29, 1.82) is 0 Å². The van der Waals surface area contributed by atoms with E-state index in [1.807, 2.05) is 13.0 Å². The zero-order valence-electron chi connectivity index (χ0n) is 15.6. The summed E-state index contributed by atoms with van der Waals surface area (Å²) in [5, 5.41) is 6.72. The molecule has 2 aromatic carbocycles. The minimum atomic E-state index is -3.62. The molecule has 0 aliphatic carbocycles. The van der Waals surface area contributed by atoms with E-state index >= 15 is 0 Å². The first kappa shape index (κ1) is 19.7. The molecule has 3 aromatic rings. The van der Waals surface area contributed by atoms with Crippen LogP contribution in [0.4, 0.5) is 0 Å². The zero-order valence-corrected chi connectivity index (χ0v) is 16.4. The summed E-state index contributed by atoms with van der Waals surface area (Å²) in [6.07, 6.45) is 3.00. The molecule has 0 bridgehead atoms. The lowest BCUT2D eigenvalue weighted by Crippen LogP contribution is -2.35. The van der Waals surface area contributed by atoms with Gasteiger partial charge in [-0.15, -0.1) is 0 Å². The molecule has 1 heterocycles. The Bertz CT molecular complexity index is 1060. The molecule has 1 aromatic heterocycles. The smallest absolute Gasteiger partial charge is 0.251 e. The summed E-state index contributed by atoms with van der Waals surface area (Å²) in [4.78, 5) is 16.3. The van der Waals surface area contributed by atoms with Crippen LogP contribution in [0.25, 0.3) is 5.69 Å². The minimum Gasteiger partial charge on any atom is -0.351 e. The summed E-state index contributed by atoms with van der Waals surface area (Å²) in [7, 11) is -3.62. The normalized spacial score (nSPS) is 11.4. The van der Waals surface area contributed by atoms with Gasteiger partial charge in [0.2, 0.25) is 10.0 Å². The van der Waals surface area contributed by atoms with E-state index in [2.05, 4.69) is 20.1 Å². The highest BCUT2D eigenvalue weighted by Crippen LogP contribution is 2.16. The first-order chi connectivity index (χ1) is 13.4. The largest absolute Gasteiger partial charge is 0.351 e. The Morgan fingerprint density at radius 2 is 1.82 bits per heavy atom. The Labute approximate surface area is 163 Å². The van der Waals surface area contributed by atoms with Gasteiger partial charge in [-0.05, 0) is 55.3 Å². The molecule has 0 saturated carbocycles. The molecule has 3 rings (SSSR count). The summed E-state index contributed by atoms with van der Waals surface area (Å²) in [6, 6.07) is 12.1. The van der Waals surface area contributed by atoms with Crippen molar-refractivity contribution in [2.75, 3.05) is 13.1 Å². The van der Waals surface area contributed by atoms with Gasteiger partial charge in [-0.25, -0.2) is 22.8 Å². The second-order valence-corrected chi connectivity index (χ2v) is 8.04. The molecular weight excluding hydrogens is 378 g/mol. The summed E-state index contributed by atoms with van der Waals surface area (Å²) in [5.41, 5.74) is 2.81. The Morgan fingerprint density at radius 1 is 1.07 bits per heavy atom. The highest BCUT2D eigenvalue weighted by molar-refractivity contribution is 7.89. The Kier molecular flexibility index (Phi) is 5.86. The maximum atomic E-state index is 12.4. The minimum absolute atomic E-state index is 0.0957. The Morgan fingerprint density at radius 3 is 2.50 bits per heavy atom. The number of nitrogens with one attached hydrogen (secondary N) is 2. The van der Waals surface area contributed by atoms with Crippen molar-refractivity contribution >= 4 is 15.9 Å². The van der Waals surface area contributed by atoms with Crippen molar-refractivity contribution in [3.8, 4) is 5.69 Å². The number of aryl methyl sites for hydroxylation is 2. The van der Waals surface area contributed by atoms with Gasteiger partial charge in [0, 0.05) is 18.7 Å². The average molecular weight is 399 g/mol. The van der Waals surface area contributed by atoms with Crippen molar-refractivity contribution in [2.24, 2.45) is 0 Å². The summed E-state index contributed by atoms with van der Waals surface area (Å²) in [5.74, 6) is -0.281. The molecule has 9 heteroatoms. The molecule has 0 fully saturated rings. The lowest BCUT2D eigenvalue weighted by atomic mass is 10.2. The van der Waals surface area contributed by atoms with E-state index in [9.17, 15) is 13.2 Å². The molecule has 146 valence electrons. The maximum absolute atomic E-state index is 12.4. The van der Waals surface area contributed by atoms with Gasteiger partial charge in [0.05, 0.1) is 10.6 Å². The molecular formula is C19H21N5O3S. The number of carbonyl (C=O) groups is 1. The molecule has 8 nitrogen and oxygen atoms in total. The van der Waals surface area contributed by atoms with Crippen LogP contribution in [-0.4, -0.2) is 42.2 Å². The van der Waals surface area contributed by atoms with Gasteiger partial charge in [0.1, 0.15) is 12.7 Å². The highest BCUT2D eigenvalue weighted by Gasteiger charge is 2.16. The van der Waals surface area contributed by atoms with Crippen molar-refractivity contribution in [1.82, 2.24) is 24.8 Å². The van der Waals surface area contributed by atoms with E-state index in [4.69, 9.17) is 0 Å². The van der Waals surface area contributed by atoms with Gasteiger partial charge in [-0.2, -0.15) is 5.10 Å². The number of hydrogen-bond acceptors (Lipinski definition) is 5. The maximum Gasteiger partial charge on any atom is 0.251 e. The van der Waals surface area contributed by atoms with Crippen LogP contribution in [0.3, 0.4) is 0 Å². The van der Waals surface area contributed by atoms with Gasteiger partial charge < -0.3 is 5.32 Å². The molecule has 28 heavy (non-hydrogen) atoms. The second kappa shape index (κ2) is 8.32. The molecule has 0 unspecified atom stereocenters. The molecule has 0 radical (unpaired) electrons. The molecule has 0 saturated heterocycles. The number of sulfonamides is 1. The Balaban J connectivity index is 1.53. The van der Waals surface area contributed by atoms with Crippen LogP contribution in [-0.2, 0) is 10.0 Å². The van der Waals surface area contributed by atoms with E-state index in [1.165, 1.54) is 6.33 Å². The molecule has 1 amide bonds. The van der Waals surface area contributed by atoms with Crippen LogP contribution in [0.1, 0.15) is 21.5 Å². The third-order valence-corrected chi connectivity index (χ3v) is 5.75. The predicted molar refractivity (Wildman–Crippen MR) is 105 cm³/mol. The van der Waals surface area contributed by atoms with E-state index in [0.717, 1.165) is 11.3 Å². The number of amides is 1. The number of benzene rings is 2. The quantitative estimate of drug-likeness (QED) is 0.587. The lowest BCUT2D eigenvalue weighted by Gasteiger charge is -2.11. The molecule has 0 atom stereocenters. The average Bonchev–Trinajstić information content (AvgIpc) is 3.22. The lowest BCUT2D eigenvalue weighted by molar-refractivity contribution is 0.0954. The van der Waals surface area contributed by atoms with Gasteiger partial charge in [0.25, 0.3) is 5.91 Å². The van der Waals surface area contributed by atoms with Crippen LogP contribution in [0.2, 0.25) is 0 Å². The highest BCUT2D eigenvalue weighted by atomic mass is 32.2. The molecule has 0 aliphatic rings. The fourth-order valence-corrected chi connectivity index (χ4v) is 4.00. The van der Waals surface area contributed by atoms with Gasteiger partial charge in [0.15, 0.2) is 0 Å². The number of rotatable bonds is 7. The Hall–Kier alpha value is -3.04. The molecule has 0 aliphatic heterocycles. The van der Waals surface area contributed by atoms with E-state index < -0.39 is 10.0 Å². The predicted octanol–water partition coefficient (Wildman–Crippen LogP) is 1.59. The van der Waals surface area contributed by atoms with Crippen LogP contribution >= 0.6 is 0 Å². The van der Waals surface area contributed by atoms with E-state index in [-0.39, 0.29) is 23.9 Å².